The van der Waals surface area contributed by atoms with E-state index in [0.29, 0.717) is 5.69 Å². The van der Waals surface area contributed by atoms with E-state index in [-0.39, 0.29) is 5.75 Å². The van der Waals surface area contributed by atoms with Crippen LogP contribution in [0.1, 0.15) is 0 Å². The van der Waals surface area contributed by atoms with Crippen molar-refractivity contribution in [3.05, 3.63) is 24.3 Å². The van der Waals surface area contributed by atoms with E-state index in [1.54, 1.807) is 24.3 Å². The van der Waals surface area contributed by atoms with Crippen molar-refractivity contribution in [2.24, 2.45) is 4.99 Å². The molecule has 0 atom stereocenters. The molecule has 0 saturated carbocycles. The Labute approximate surface area is 84.7 Å². The smallest absolute Gasteiger partial charge is 0.240 e. The molecular formula is C9H6NO3S-. The molecule has 0 aliphatic heterocycles. The van der Waals surface area contributed by atoms with Crippen molar-refractivity contribution in [2.75, 3.05) is 5.75 Å². The van der Waals surface area contributed by atoms with Gasteiger partial charge in [-0.25, -0.2) is 4.79 Å². The molecule has 0 aromatic heterocycles. The monoisotopic (exact) mass is 208 g/mol. The molecule has 0 bridgehead atoms. The van der Waals surface area contributed by atoms with E-state index in [4.69, 9.17) is 0 Å². The van der Waals surface area contributed by atoms with Crippen molar-refractivity contribution in [1.29, 1.82) is 0 Å². The number of carbonyl (C=O) groups excluding carboxylic acids is 2. The average Bonchev–Trinajstić information content (AvgIpc) is 2.17. The molecule has 72 valence electrons. The minimum atomic E-state index is -1.11. The molecule has 4 nitrogen and oxygen atoms in total. The Kier molecular flexibility index (Phi) is 3.91. The van der Waals surface area contributed by atoms with E-state index >= 15 is 0 Å². The third-order valence-corrected chi connectivity index (χ3v) is 2.35. The zero-order valence-electron chi connectivity index (χ0n) is 7.10. The highest BCUT2D eigenvalue weighted by atomic mass is 32.2. The molecule has 0 aliphatic rings. The standard InChI is InChI=1S/C9H7NO3S/c11-6-10-7-1-3-8(4-2-7)14-5-9(12)13/h1-4H,5H2,(H,12,13)/p-1. The van der Waals surface area contributed by atoms with Crippen LogP contribution in [0, 0.1) is 0 Å². The van der Waals surface area contributed by atoms with Gasteiger partial charge in [-0.2, -0.15) is 4.99 Å². The van der Waals surface area contributed by atoms with Crippen molar-refractivity contribution in [1.82, 2.24) is 0 Å². The Morgan fingerprint density at radius 1 is 1.43 bits per heavy atom. The predicted molar refractivity (Wildman–Crippen MR) is 50.0 cm³/mol. The number of hydrogen-bond acceptors (Lipinski definition) is 5. The van der Waals surface area contributed by atoms with Gasteiger partial charge in [-0.3, -0.25) is 0 Å². The summed E-state index contributed by atoms with van der Waals surface area (Å²) in [6, 6.07) is 6.60. The number of carboxylic acids is 1. The van der Waals surface area contributed by atoms with Gasteiger partial charge in [0, 0.05) is 10.6 Å². The highest BCUT2D eigenvalue weighted by molar-refractivity contribution is 8.00. The maximum Gasteiger partial charge on any atom is 0.240 e. The second-order valence-corrected chi connectivity index (χ2v) is 3.41. The summed E-state index contributed by atoms with van der Waals surface area (Å²) in [5, 5.41) is 10.1. The molecule has 1 rings (SSSR count). The molecule has 0 aliphatic carbocycles. The van der Waals surface area contributed by atoms with Crippen LogP contribution in [0.3, 0.4) is 0 Å². The fraction of sp³-hybridized carbons (Fsp3) is 0.111. The van der Waals surface area contributed by atoms with Crippen molar-refractivity contribution >= 4 is 29.5 Å². The first-order chi connectivity index (χ1) is 6.72. The van der Waals surface area contributed by atoms with Gasteiger partial charge in [0.25, 0.3) is 0 Å². The lowest BCUT2D eigenvalue weighted by Gasteiger charge is -2.01. The molecule has 5 heteroatoms. The fourth-order valence-corrected chi connectivity index (χ4v) is 1.42. The minimum absolute atomic E-state index is 0.0870. The molecule has 0 fully saturated rings. The number of aliphatic carboxylic acids is 1. The Morgan fingerprint density at radius 3 is 2.57 bits per heavy atom. The third-order valence-electron chi connectivity index (χ3n) is 1.37. The van der Waals surface area contributed by atoms with Gasteiger partial charge in [0.05, 0.1) is 11.7 Å². The third kappa shape index (κ3) is 3.43. The molecule has 1 aromatic carbocycles. The van der Waals surface area contributed by atoms with E-state index in [2.05, 4.69) is 4.99 Å². The van der Waals surface area contributed by atoms with E-state index in [1.807, 2.05) is 0 Å². The summed E-state index contributed by atoms with van der Waals surface area (Å²) in [6.45, 7) is 0. The maximum atomic E-state index is 10.1. The van der Waals surface area contributed by atoms with Gasteiger partial charge in [0.1, 0.15) is 0 Å². The molecule has 0 unspecified atom stereocenters. The quantitative estimate of drug-likeness (QED) is 0.410. The number of nitrogens with zero attached hydrogens (tertiary/aromatic N) is 1. The summed E-state index contributed by atoms with van der Waals surface area (Å²) in [7, 11) is 0. The van der Waals surface area contributed by atoms with Crippen LogP contribution in [0.2, 0.25) is 0 Å². The SMILES string of the molecule is O=C=Nc1ccc(SCC(=O)[O-])cc1. The number of carbonyl (C=O) groups is 1. The first-order valence-electron chi connectivity index (χ1n) is 3.73. The van der Waals surface area contributed by atoms with E-state index in [1.165, 1.54) is 6.08 Å². The molecule has 0 N–H and O–H groups in total. The molecule has 0 saturated heterocycles. The van der Waals surface area contributed by atoms with Crippen LogP contribution >= 0.6 is 11.8 Å². The molecule has 0 spiro atoms. The molecule has 1 aromatic rings. The van der Waals surface area contributed by atoms with Crippen LogP contribution in [0.4, 0.5) is 5.69 Å². The van der Waals surface area contributed by atoms with Gasteiger partial charge in [0.15, 0.2) is 0 Å². The van der Waals surface area contributed by atoms with Crippen molar-refractivity contribution in [3.63, 3.8) is 0 Å². The van der Waals surface area contributed by atoms with Gasteiger partial charge in [-0.15, -0.1) is 11.8 Å². The Hall–Kier alpha value is -1.58. The lowest BCUT2D eigenvalue weighted by molar-refractivity contribution is -0.301. The normalized spacial score (nSPS) is 9.14. The summed E-state index contributed by atoms with van der Waals surface area (Å²) in [5.41, 5.74) is 0.498. The molecule has 0 amide bonds. The number of rotatable bonds is 4. The first kappa shape index (κ1) is 10.5. The lowest BCUT2D eigenvalue weighted by Crippen LogP contribution is -2.24. The van der Waals surface area contributed by atoms with Crippen molar-refractivity contribution in [3.8, 4) is 0 Å². The summed E-state index contributed by atoms with van der Waals surface area (Å²) >= 11 is 1.15. The van der Waals surface area contributed by atoms with Crippen LogP contribution in [0.25, 0.3) is 0 Å². The highest BCUT2D eigenvalue weighted by Gasteiger charge is 1.94. The van der Waals surface area contributed by atoms with Crippen molar-refractivity contribution < 1.29 is 14.7 Å². The van der Waals surface area contributed by atoms with Gasteiger partial charge in [0.2, 0.25) is 6.08 Å². The van der Waals surface area contributed by atoms with Gasteiger partial charge in [-0.1, -0.05) is 0 Å². The summed E-state index contributed by atoms with van der Waals surface area (Å²) in [4.78, 5) is 24.2. The molecule has 0 heterocycles. The highest BCUT2D eigenvalue weighted by Crippen LogP contribution is 2.20. The van der Waals surface area contributed by atoms with Crippen LogP contribution in [0.5, 0.6) is 0 Å². The molecule has 0 radical (unpaired) electrons. The Bertz CT molecular complexity index is 368. The second kappa shape index (κ2) is 5.21. The van der Waals surface area contributed by atoms with E-state index in [0.717, 1.165) is 16.7 Å². The number of carboxylic acid groups (broad SMARTS) is 1. The first-order valence-corrected chi connectivity index (χ1v) is 4.71. The minimum Gasteiger partial charge on any atom is -0.549 e. The summed E-state index contributed by atoms with van der Waals surface area (Å²) in [5.74, 6) is -1.19. The number of isocyanates is 1. The number of thioether (sulfide) groups is 1. The second-order valence-electron chi connectivity index (χ2n) is 2.36. The number of benzene rings is 1. The number of hydrogen-bond donors (Lipinski definition) is 0. The van der Waals surface area contributed by atoms with Gasteiger partial charge < -0.3 is 9.90 Å². The largest absolute Gasteiger partial charge is 0.549 e. The van der Waals surface area contributed by atoms with E-state index in [9.17, 15) is 14.7 Å². The molecular weight excluding hydrogens is 202 g/mol. The van der Waals surface area contributed by atoms with Crippen molar-refractivity contribution in [2.45, 2.75) is 4.90 Å². The fourth-order valence-electron chi connectivity index (χ4n) is 0.812. The maximum absolute atomic E-state index is 10.1. The van der Waals surface area contributed by atoms with Crippen LogP contribution < -0.4 is 5.11 Å². The summed E-state index contributed by atoms with van der Waals surface area (Å²) < 4.78 is 0. The predicted octanol–water partition coefficient (Wildman–Crippen LogP) is 0.496. The zero-order valence-corrected chi connectivity index (χ0v) is 7.91. The van der Waals surface area contributed by atoms with Gasteiger partial charge in [-0.05, 0) is 24.3 Å². The zero-order chi connectivity index (χ0) is 10.4. The van der Waals surface area contributed by atoms with Gasteiger partial charge >= 0.3 is 0 Å². The lowest BCUT2D eigenvalue weighted by atomic mass is 10.3. The van der Waals surface area contributed by atoms with Crippen LogP contribution in [-0.4, -0.2) is 17.8 Å². The molecule has 14 heavy (non-hydrogen) atoms. The van der Waals surface area contributed by atoms with E-state index < -0.39 is 5.97 Å². The van der Waals surface area contributed by atoms with Crippen LogP contribution in [-0.2, 0) is 9.59 Å². The van der Waals surface area contributed by atoms with Crippen LogP contribution in [0.15, 0.2) is 34.2 Å². The topological polar surface area (TPSA) is 69.6 Å². The Balaban J connectivity index is 2.63. The Morgan fingerprint density at radius 2 is 2.07 bits per heavy atom. The summed E-state index contributed by atoms with van der Waals surface area (Å²) in [6.07, 6.45) is 1.42. The number of aliphatic imine (C=N–C) groups is 1. The average molecular weight is 208 g/mol.